The van der Waals surface area contributed by atoms with Gasteiger partial charge in [-0.2, -0.15) is 5.10 Å². The molecule has 140 valence electrons. The molecule has 1 saturated heterocycles. The summed E-state index contributed by atoms with van der Waals surface area (Å²) < 4.78 is 1.66. The van der Waals surface area contributed by atoms with Crippen LogP contribution in [-0.2, 0) is 6.54 Å². The molecule has 3 heterocycles. The minimum Gasteiger partial charge on any atom is -0.365 e. The van der Waals surface area contributed by atoms with Crippen molar-refractivity contribution in [2.24, 2.45) is 11.7 Å². The number of carbonyl (C=O) groups is 1. The van der Waals surface area contributed by atoms with Crippen LogP contribution < -0.4 is 5.73 Å². The van der Waals surface area contributed by atoms with Crippen molar-refractivity contribution >= 4 is 11.6 Å². The van der Waals surface area contributed by atoms with E-state index in [9.17, 15) is 4.79 Å². The maximum absolute atomic E-state index is 11.6. The Bertz CT molecular complexity index is 956. The van der Waals surface area contributed by atoms with Crippen LogP contribution in [-0.4, -0.2) is 64.0 Å². The molecule has 1 amide bonds. The molecule has 27 heavy (non-hydrogen) atoms. The molecule has 4 rings (SSSR count). The molecule has 7 nitrogen and oxygen atoms in total. The van der Waals surface area contributed by atoms with E-state index in [0.717, 1.165) is 43.4 Å². The highest BCUT2D eigenvalue weighted by Crippen LogP contribution is 2.24. The summed E-state index contributed by atoms with van der Waals surface area (Å²) in [5.74, 6) is 0.278. The van der Waals surface area contributed by atoms with Gasteiger partial charge in [-0.3, -0.25) is 9.69 Å². The highest BCUT2D eigenvalue weighted by molar-refractivity contribution is 5.99. The fraction of sp³-hybridized carbons (Fsp3) is 0.350. The van der Waals surface area contributed by atoms with Crippen LogP contribution in [0.2, 0.25) is 0 Å². The summed E-state index contributed by atoms with van der Waals surface area (Å²) in [6.07, 6.45) is 1.44. The van der Waals surface area contributed by atoms with Crippen LogP contribution >= 0.6 is 0 Å². The predicted octanol–water partition coefficient (Wildman–Crippen LogP) is 1.49. The molecule has 3 aromatic rings. The number of carbonyl (C=O) groups excluding carboxylic acids is 1. The zero-order valence-corrected chi connectivity index (χ0v) is 15.7. The van der Waals surface area contributed by atoms with Gasteiger partial charge in [0.25, 0.3) is 5.91 Å². The summed E-state index contributed by atoms with van der Waals surface area (Å²) >= 11 is 0. The standard InChI is InChI=1S/C20H24N6O/c1-24(2)9-15-11-25(12-15)10-14-3-5-16(6-4-14)18-8-7-17(19(21)27)20-22-13-23-26(18)20/h3-8,13,15H,9-12H2,1-2H3,(H2,21,27). The molecule has 0 unspecified atom stereocenters. The van der Waals surface area contributed by atoms with Gasteiger partial charge < -0.3 is 10.6 Å². The van der Waals surface area contributed by atoms with Crippen LogP contribution in [0.4, 0.5) is 0 Å². The lowest BCUT2D eigenvalue weighted by Crippen LogP contribution is -2.49. The second kappa shape index (κ2) is 7.09. The largest absolute Gasteiger partial charge is 0.365 e. The molecule has 0 bridgehead atoms. The topological polar surface area (TPSA) is 79.8 Å². The van der Waals surface area contributed by atoms with Crippen LogP contribution in [0.1, 0.15) is 15.9 Å². The van der Waals surface area contributed by atoms with Crippen LogP contribution in [0.5, 0.6) is 0 Å². The number of primary amides is 1. The van der Waals surface area contributed by atoms with E-state index in [-0.39, 0.29) is 0 Å². The minimum atomic E-state index is -0.503. The van der Waals surface area contributed by atoms with E-state index in [1.807, 2.05) is 6.07 Å². The summed E-state index contributed by atoms with van der Waals surface area (Å²) in [6.45, 7) is 4.45. The lowest BCUT2D eigenvalue weighted by Gasteiger charge is -2.40. The normalized spacial score (nSPS) is 15.4. The van der Waals surface area contributed by atoms with Crippen molar-refractivity contribution in [3.63, 3.8) is 0 Å². The average molecular weight is 364 g/mol. The van der Waals surface area contributed by atoms with Gasteiger partial charge in [0.2, 0.25) is 0 Å². The number of hydrogen-bond donors (Lipinski definition) is 1. The molecule has 1 aliphatic rings. The van der Waals surface area contributed by atoms with E-state index in [2.05, 4.69) is 58.2 Å². The maximum atomic E-state index is 11.6. The van der Waals surface area contributed by atoms with Crippen LogP contribution in [0.25, 0.3) is 16.9 Å². The number of rotatable bonds is 6. The van der Waals surface area contributed by atoms with Gasteiger partial charge in [0.1, 0.15) is 6.33 Å². The molecule has 0 atom stereocenters. The Morgan fingerprint density at radius 1 is 1.19 bits per heavy atom. The van der Waals surface area contributed by atoms with Gasteiger partial charge in [-0.15, -0.1) is 0 Å². The number of fused-ring (bicyclic) bond motifs is 1. The molecule has 7 heteroatoms. The first kappa shape index (κ1) is 17.6. The quantitative estimate of drug-likeness (QED) is 0.717. The zero-order valence-electron chi connectivity index (χ0n) is 15.7. The number of nitrogens with zero attached hydrogens (tertiary/aromatic N) is 5. The van der Waals surface area contributed by atoms with Crippen LogP contribution in [0, 0.1) is 5.92 Å². The summed E-state index contributed by atoms with van der Waals surface area (Å²) in [5, 5.41) is 4.25. The van der Waals surface area contributed by atoms with E-state index in [0.29, 0.717) is 11.2 Å². The van der Waals surface area contributed by atoms with Crippen LogP contribution in [0.15, 0.2) is 42.7 Å². The smallest absolute Gasteiger partial charge is 0.252 e. The first-order valence-corrected chi connectivity index (χ1v) is 9.10. The molecule has 0 spiro atoms. The average Bonchev–Trinajstić information content (AvgIpc) is 3.09. The second-order valence-corrected chi connectivity index (χ2v) is 7.51. The first-order chi connectivity index (χ1) is 13.0. The number of amides is 1. The number of aromatic nitrogens is 3. The fourth-order valence-corrected chi connectivity index (χ4v) is 3.80. The van der Waals surface area contributed by atoms with Gasteiger partial charge in [-0.1, -0.05) is 24.3 Å². The van der Waals surface area contributed by atoms with Crippen molar-refractivity contribution in [3.8, 4) is 11.3 Å². The second-order valence-electron chi connectivity index (χ2n) is 7.51. The van der Waals surface area contributed by atoms with Crippen molar-refractivity contribution < 1.29 is 4.79 Å². The lowest BCUT2D eigenvalue weighted by atomic mass is 9.98. The monoisotopic (exact) mass is 364 g/mol. The minimum absolute atomic E-state index is 0.373. The van der Waals surface area contributed by atoms with E-state index in [1.165, 1.54) is 11.9 Å². The van der Waals surface area contributed by atoms with Gasteiger partial charge >= 0.3 is 0 Å². The molecule has 2 N–H and O–H groups in total. The Hall–Kier alpha value is -2.77. The molecule has 0 saturated carbocycles. The Morgan fingerprint density at radius 3 is 2.59 bits per heavy atom. The number of hydrogen-bond acceptors (Lipinski definition) is 5. The van der Waals surface area contributed by atoms with Gasteiger partial charge in [-0.25, -0.2) is 9.50 Å². The highest BCUT2D eigenvalue weighted by atomic mass is 16.1. The number of benzene rings is 1. The molecule has 1 fully saturated rings. The van der Waals surface area contributed by atoms with Gasteiger partial charge in [0.15, 0.2) is 5.65 Å². The van der Waals surface area contributed by atoms with Crippen molar-refractivity contribution in [1.82, 2.24) is 24.4 Å². The number of likely N-dealkylation sites (tertiary alicyclic amines) is 1. The molecule has 1 aromatic carbocycles. The Balaban J connectivity index is 1.49. The fourth-order valence-electron chi connectivity index (χ4n) is 3.80. The lowest BCUT2D eigenvalue weighted by molar-refractivity contribution is 0.0730. The van der Waals surface area contributed by atoms with E-state index in [1.54, 1.807) is 10.6 Å². The van der Waals surface area contributed by atoms with Gasteiger partial charge in [0, 0.05) is 31.7 Å². The van der Waals surface area contributed by atoms with Gasteiger partial charge in [0.05, 0.1) is 11.3 Å². The Morgan fingerprint density at radius 2 is 1.93 bits per heavy atom. The first-order valence-electron chi connectivity index (χ1n) is 9.10. The summed E-state index contributed by atoms with van der Waals surface area (Å²) in [7, 11) is 4.26. The number of nitrogens with two attached hydrogens (primary N) is 1. The van der Waals surface area contributed by atoms with E-state index < -0.39 is 5.91 Å². The summed E-state index contributed by atoms with van der Waals surface area (Å²) in [4.78, 5) is 20.5. The molecule has 1 aliphatic heterocycles. The van der Waals surface area contributed by atoms with Crippen molar-refractivity contribution in [1.29, 1.82) is 0 Å². The highest BCUT2D eigenvalue weighted by Gasteiger charge is 2.26. The van der Waals surface area contributed by atoms with E-state index >= 15 is 0 Å². The number of pyridine rings is 1. The molecular weight excluding hydrogens is 340 g/mol. The summed E-state index contributed by atoms with van der Waals surface area (Å²) in [5.41, 5.74) is 9.49. The third-order valence-electron chi connectivity index (χ3n) is 5.00. The summed E-state index contributed by atoms with van der Waals surface area (Å²) in [6, 6.07) is 12.1. The predicted molar refractivity (Wildman–Crippen MR) is 104 cm³/mol. The third kappa shape index (κ3) is 3.56. The van der Waals surface area contributed by atoms with Crippen molar-refractivity contribution in [3.05, 3.63) is 53.9 Å². The zero-order chi connectivity index (χ0) is 19.0. The maximum Gasteiger partial charge on any atom is 0.252 e. The van der Waals surface area contributed by atoms with E-state index in [4.69, 9.17) is 5.73 Å². The molecule has 0 aliphatic carbocycles. The molecule has 0 radical (unpaired) electrons. The Kier molecular flexibility index (Phi) is 4.63. The van der Waals surface area contributed by atoms with Crippen LogP contribution in [0.3, 0.4) is 0 Å². The third-order valence-corrected chi connectivity index (χ3v) is 5.00. The van der Waals surface area contributed by atoms with Crippen molar-refractivity contribution in [2.75, 3.05) is 33.7 Å². The van der Waals surface area contributed by atoms with Gasteiger partial charge in [-0.05, 0) is 37.7 Å². The Labute approximate surface area is 158 Å². The SMILES string of the molecule is CN(C)CC1CN(Cc2ccc(-c3ccc(C(N)=O)c4ncnn34)cc2)C1. The molecular formula is C20H24N6O. The van der Waals surface area contributed by atoms with Crippen molar-refractivity contribution in [2.45, 2.75) is 6.54 Å². The molecule has 2 aromatic heterocycles.